The van der Waals surface area contributed by atoms with Gasteiger partial charge in [0.1, 0.15) is 0 Å². The third-order valence-corrected chi connectivity index (χ3v) is 9.69. The fourth-order valence-corrected chi connectivity index (χ4v) is 7.53. The van der Waals surface area contributed by atoms with Crippen molar-refractivity contribution >= 4 is 64.2 Å². The second kappa shape index (κ2) is 11.0. The van der Waals surface area contributed by atoms with E-state index < -0.39 is 0 Å². The number of para-hydroxylation sites is 3. The van der Waals surface area contributed by atoms with Gasteiger partial charge in [-0.05, 0) is 70.8 Å². The quantitative estimate of drug-likeness (QED) is 0.201. The Morgan fingerprint density at radius 2 is 1.24 bits per heavy atom. The maximum Gasteiger partial charge on any atom is 0.161 e. The molecule has 9 rings (SSSR count). The van der Waals surface area contributed by atoms with E-state index in [0.29, 0.717) is 0 Å². The monoisotopic (exact) mass is 605 g/mol. The Hall–Kier alpha value is -5.84. The van der Waals surface area contributed by atoms with Crippen LogP contribution >= 0.6 is 11.3 Å². The first kappa shape index (κ1) is 26.6. The average molecular weight is 606 g/mol. The lowest BCUT2D eigenvalue weighted by Gasteiger charge is -2.14. The van der Waals surface area contributed by atoms with E-state index in [-0.39, 0.29) is 0 Å². The van der Waals surface area contributed by atoms with Gasteiger partial charge in [-0.2, -0.15) is 0 Å². The van der Waals surface area contributed by atoms with Crippen molar-refractivity contribution in [3.05, 3.63) is 164 Å². The summed E-state index contributed by atoms with van der Waals surface area (Å²) >= 11 is 1.77. The molecule has 0 aliphatic rings. The molecule has 0 fully saturated rings. The van der Waals surface area contributed by atoms with Gasteiger partial charge < -0.3 is 4.57 Å². The highest BCUT2D eigenvalue weighted by Gasteiger charge is 2.14. The van der Waals surface area contributed by atoms with Crippen LogP contribution in [0.4, 0.5) is 0 Å². The molecule has 0 saturated carbocycles. The predicted octanol–water partition coefficient (Wildman–Crippen LogP) is 11.6. The fourth-order valence-electron chi connectivity index (χ4n) is 6.51. The lowest BCUT2D eigenvalue weighted by atomic mass is 10.0. The molecule has 0 aliphatic heterocycles. The van der Waals surface area contributed by atoms with Crippen LogP contribution in [0.15, 0.2) is 164 Å². The van der Waals surface area contributed by atoms with Crippen LogP contribution in [0.3, 0.4) is 0 Å². The minimum absolute atomic E-state index is 0.717. The molecule has 3 nitrogen and oxygen atoms in total. The van der Waals surface area contributed by atoms with Gasteiger partial charge in [-0.3, -0.25) is 0 Å². The maximum atomic E-state index is 5.25. The summed E-state index contributed by atoms with van der Waals surface area (Å²) in [5.41, 5.74) is 7.26. The van der Waals surface area contributed by atoms with Crippen molar-refractivity contribution < 1.29 is 0 Å². The first-order valence-corrected chi connectivity index (χ1v) is 16.2. The number of hydrogen-bond donors (Lipinski definition) is 0. The van der Waals surface area contributed by atoms with Crippen molar-refractivity contribution in [3.8, 4) is 28.3 Å². The largest absolute Gasteiger partial charge is 0.310 e. The van der Waals surface area contributed by atoms with E-state index in [1.807, 2.05) is 12.1 Å². The summed E-state index contributed by atoms with van der Waals surface area (Å²) in [5.74, 6) is 0.717. The number of benzene rings is 7. The summed E-state index contributed by atoms with van der Waals surface area (Å²) in [5, 5.41) is 5.91. The Morgan fingerprint density at radius 3 is 2.11 bits per heavy atom. The van der Waals surface area contributed by atoms with Gasteiger partial charge in [0.05, 0.1) is 16.7 Å². The SMILES string of the molecule is c1ccc(-c2nc(-c3ccc4cc3sc3ccc5cccc(c5c3)c3ccccc3n4-c3ccccc3)nc3ccccc23)cc1. The van der Waals surface area contributed by atoms with Gasteiger partial charge in [0.15, 0.2) is 5.82 Å². The molecule has 2 aromatic heterocycles. The Morgan fingerprint density at radius 1 is 0.500 bits per heavy atom. The number of hydrogen-bond acceptors (Lipinski definition) is 3. The molecule has 46 heavy (non-hydrogen) atoms. The van der Waals surface area contributed by atoms with Crippen molar-refractivity contribution in [2.75, 3.05) is 0 Å². The van der Waals surface area contributed by atoms with Crippen LogP contribution in [0.25, 0.3) is 81.2 Å². The van der Waals surface area contributed by atoms with Gasteiger partial charge in [-0.25, -0.2) is 9.97 Å². The topological polar surface area (TPSA) is 30.7 Å². The average Bonchev–Trinajstić information content (AvgIpc) is 3.13. The molecule has 4 bridgehead atoms. The highest BCUT2D eigenvalue weighted by Crippen LogP contribution is 2.36. The number of fused-ring (bicyclic) bond motifs is 6. The van der Waals surface area contributed by atoms with Crippen molar-refractivity contribution in [2.24, 2.45) is 0 Å². The van der Waals surface area contributed by atoms with Crippen molar-refractivity contribution in [2.45, 2.75) is 0 Å². The summed E-state index contributed by atoms with van der Waals surface area (Å²) < 4.78 is 4.64. The van der Waals surface area contributed by atoms with Gasteiger partial charge in [-0.1, -0.05) is 109 Å². The molecular weight excluding hydrogens is 579 g/mol. The first-order valence-electron chi connectivity index (χ1n) is 15.4. The molecular formula is C42H27N3S. The molecule has 0 aliphatic carbocycles. The van der Waals surface area contributed by atoms with Crippen molar-refractivity contribution in [1.82, 2.24) is 14.5 Å². The van der Waals surface area contributed by atoms with Crippen LogP contribution in [0.1, 0.15) is 0 Å². The van der Waals surface area contributed by atoms with Crippen LogP contribution < -0.4 is 0 Å². The molecule has 0 spiro atoms. The number of aromatic nitrogens is 3. The highest BCUT2D eigenvalue weighted by atomic mass is 32.1. The molecule has 2 heterocycles. The summed E-state index contributed by atoms with van der Waals surface area (Å²) in [7, 11) is 0. The zero-order chi connectivity index (χ0) is 30.5. The van der Waals surface area contributed by atoms with Gasteiger partial charge >= 0.3 is 0 Å². The van der Waals surface area contributed by atoms with Crippen molar-refractivity contribution in [1.29, 1.82) is 0 Å². The van der Waals surface area contributed by atoms with Gasteiger partial charge in [0.2, 0.25) is 0 Å². The van der Waals surface area contributed by atoms with Crippen molar-refractivity contribution in [3.63, 3.8) is 0 Å². The van der Waals surface area contributed by atoms with Crippen LogP contribution in [-0.2, 0) is 0 Å². The molecule has 0 N–H and O–H groups in total. The molecule has 0 radical (unpaired) electrons. The zero-order valence-corrected chi connectivity index (χ0v) is 25.7. The third kappa shape index (κ3) is 4.50. The molecule has 0 unspecified atom stereocenters. The third-order valence-electron chi connectivity index (χ3n) is 8.65. The summed E-state index contributed by atoms with van der Waals surface area (Å²) in [6.07, 6.45) is 0. The number of rotatable bonds is 3. The lowest BCUT2D eigenvalue weighted by molar-refractivity contribution is 1.16. The molecule has 7 aromatic carbocycles. The normalized spacial score (nSPS) is 11.5. The van der Waals surface area contributed by atoms with E-state index in [1.165, 1.54) is 26.2 Å². The maximum absolute atomic E-state index is 5.25. The van der Waals surface area contributed by atoms with E-state index in [9.17, 15) is 0 Å². The molecule has 216 valence electrons. The Kier molecular flexibility index (Phi) is 6.32. The smallest absolute Gasteiger partial charge is 0.161 e. The number of nitrogens with zero attached hydrogens (tertiary/aromatic N) is 3. The van der Waals surface area contributed by atoms with Crippen LogP contribution in [0.5, 0.6) is 0 Å². The van der Waals surface area contributed by atoms with E-state index in [2.05, 4.69) is 156 Å². The highest BCUT2D eigenvalue weighted by molar-refractivity contribution is 7.23. The van der Waals surface area contributed by atoms with Gasteiger partial charge in [0.25, 0.3) is 0 Å². The predicted molar refractivity (Wildman–Crippen MR) is 195 cm³/mol. The second-order valence-corrected chi connectivity index (χ2v) is 12.6. The Labute approximate surface area is 270 Å². The summed E-state index contributed by atoms with van der Waals surface area (Å²) in [4.78, 5) is 10.4. The Bertz CT molecular complexity index is 2630. The molecule has 0 atom stereocenters. The summed E-state index contributed by atoms with van der Waals surface area (Å²) in [6.45, 7) is 0. The lowest BCUT2D eigenvalue weighted by Crippen LogP contribution is -1.98. The van der Waals surface area contributed by atoms with Gasteiger partial charge in [-0.15, -0.1) is 11.3 Å². The van der Waals surface area contributed by atoms with E-state index in [1.54, 1.807) is 11.3 Å². The zero-order valence-electron chi connectivity index (χ0n) is 24.8. The fraction of sp³-hybridized carbons (Fsp3) is 0. The second-order valence-electron chi connectivity index (χ2n) is 11.4. The Balaban J connectivity index is 1.45. The van der Waals surface area contributed by atoms with E-state index in [0.717, 1.165) is 55.0 Å². The van der Waals surface area contributed by atoms with E-state index >= 15 is 0 Å². The molecule has 4 heteroatoms. The van der Waals surface area contributed by atoms with Crippen LogP contribution in [0, 0.1) is 0 Å². The molecule has 9 aromatic rings. The standard InChI is InChI=1S/C42H27N3S/c1-3-12-29(13-4-1)41-35-18-7-9-20-38(35)43-42(44-41)36-25-23-31-26-40(36)46-32-24-22-28-14-11-19-33(37(28)27-32)34-17-8-10-21-39(34)45(31)30-15-5-2-6-16-30/h1-27H. The minimum Gasteiger partial charge on any atom is -0.310 e. The van der Waals surface area contributed by atoms with Crippen LogP contribution in [0.2, 0.25) is 0 Å². The van der Waals surface area contributed by atoms with Gasteiger partial charge in [0, 0.05) is 42.5 Å². The first-order chi connectivity index (χ1) is 22.8. The van der Waals surface area contributed by atoms with E-state index in [4.69, 9.17) is 9.97 Å². The summed E-state index contributed by atoms with van der Waals surface area (Å²) in [6, 6.07) is 58.1. The molecule has 0 saturated heterocycles. The minimum atomic E-state index is 0.717. The molecule has 0 amide bonds. The van der Waals surface area contributed by atoms with Crippen LogP contribution in [-0.4, -0.2) is 14.5 Å².